The van der Waals surface area contributed by atoms with Gasteiger partial charge in [-0.3, -0.25) is 29.8 Å². The van der Waals surface area contributed by atoms with E-state index in [2.05, 4.69) is 5.43 Å². The highest BCUT2D eigenvalue weighted by Crippen LogP contribution is 2.25. The topological polar surface area (TPSA) is 116 Å². The first kappa shape index (κ1) is 27.0. The minimum atomic E-state index is -0.865. The Hall–Kier alpha value is -3.00. The molecule has 0 aliphatic carbocycles. The van der Waals surface area contributed by atoms with Crippen LogP contribution >= 0.6 is 0 Å². The number of Topliss-reactive ketones (excluding diaryl/α,β-unsaturated/α-hetero) is 1. The Labute approximate surface area is 190 Å². The first-order chi connectivity index (χ1) is 15.1. The predicted octanol–water partition coefficient (Wildman–Crippen LogP) is 2.98. The van der Waals surface area contributed by atoms with Crippen LogP contribution in [-0.4, -0.2) is 40.3 Å². The van der Waals surface area contributed by atoms with E-state index in [0.717, 1.165) is 17.5 Å². The van der Waals surface area contributed by atoms with Gasteiger partial charge in [-0.1, -0.05) is 70.2 Å². The third-order valence-electron chi connectivity index (χ3n) is 4.83. The summed E-state index contributed by atoms with van der Waals surface area (Å²) in [4.78, 5) is 49.6. The van der Waals surface area contributed by atoms with Gasteiger partial charge in [-0.15, -0.1) is 0 Å². The van der Waals surface area contributed by atoms with Gasteiger partial charge < -0.3 is 0 Å². The first-order valence-corrected chi connectivity index (χ1v) is 10.8. The average molecular weight is 446 g/mol. The van der Waals surface area contributed by atoms with Gasteiger partial charge in [0.2, 0.25) is 17.6 Å². The Kier molecular flexibility index (Phi) is 11.3. The third kappa shape index (κ3) is 9.01. The largest absolute Gasteiger partial charge is 0.308 e. The summed E-state index contributed by atoms with van der Waals surface area (Å²) in [5.41, 5.74) is 5.14. The van der Waals surface area contributed by atoms with Crippen molar-refractivity contribution in [3.8, 4) is 0 Å². The lowest BCUT2D eigenvalue weighted by Gasteiger charge is -2.30. The number of hydrogen-bond donors (Lipinski definition) is 3. The van der Waals surface area contributed by atoms with Crippen LogP contribution < -0.4 is 10.9 Å². The highest BCUT2D eigenvalue weighted by molar-refractivity contribution is 6.35. The molecule has 0 saturated heterocycles. The SMILES string of the molecule is CC(=O)C(=O)N(CC(C)C)NC(=O)[C@@H](CC(C)C)[C@H](CC=Cc1ccccc1)C(=O)NO. The summed E-state index contributed by atoms with van der Waals surface area (Å²) < 4.78 is 0. The van der Waals surface area contributed by atoms with Crippen molar-refractivity contribution in [2.45, 2.75) is 47.5 Å². The number of hydrogen-bond acceptors (Lipinski definition) is 5. The van der Waals surface area contributed by atoms with Crippen LogP contribution in [0.5, 0.6) is 0 Å². The number of allylic oxidation sites excluding steroid dienone is 1. The highest BCUT2D eigenvalue weighted by atomic mass is 16.5. The maximum atomic E-state index is 13.2. The Morgan fingerprint density at radius 3 is 2.09 bits per heavy atom. The van der Waals surface area contributed by atoms with Gasteiger partial charge in [0, 0.05) is 13.5 Å². The van der Waals surface area contributed by atoms with Crippen molar-refractivity contribution in [1.29, 1.82) is 0 Å². The van der Waals surface area contributed by atoms with Crippen LogP contribution in [0.3, 0.4) is 0 Å². The van der Waals surface area contributed by atoms with Crippen molar-refractivity contribution in [3.05, 3.63) is 42.0 Å². The average Bonchev–Trinajstić information content (AvgIpc) is 2.74. The number of rotatable bonds is 11. The number of hydroxylamine groups is 1. The second kappa shape index (κ2) is 13.4. The van der Waals surface area contributed by atoms with E-state index in [4.69, 9.17) is 0 Å². The van der Waals surface area contributed by atoms with Crippen LogP contribution in [0.4, 0.5) is 0 Å². The van der Waals surface area contributed by atoms with Crippen molar-refractivity contribution in [2.24, 2.45) is 23.7 Å². The first-order valence-electron chi connectivity index (χ1n) is 10.8. The molecule has 32 heavy (non-hydrogen) atoms. The van der Waals surface area contributed by atoms with Gasteiger partial charge in [0.1, 0.15) is 0 Å². The van der Waals surface area contributed by atoms with E-state index < -0.39 is 35.3 Å². The number of ketones is 1. The lowest BCUT2D eigenvalue weighted by Crippen LogP contribution is -2.53. The summed E-state index contributed by atoms with van der Waals surface area (Å²) >= 11 is 0. The van der Waals surface area contributed by atoms with E-state index in [9.17, 15) is 24.4 Å². The fourth-order valence-corrected chi connectivity index (χ4v) is 3.36. The summed E-state index contributed by atoms with van der Waals surface area (Å²) in [6.07, 6.45) is 4.18. The van der Waals surface area contributed by atoms with Gasteiger partial charge in [0.25, 0.3) is 0 Å². The molecule has 0 heterocycles. The Morgan fingerprint density at radius 2 is 1.59 bits per heavy atom. The minimum absolute atomic E-state index is 0.00694. The fourth-order valence-electron chi connectivity index (χ4n) is 3.36. The van der Waals surface area contributed by atoms with Crippen molar-refractivity contribution >= 4 is 29.6 Å². The molecule has 176 valence electrons. The molecule has 0 spiro atoms. The fraction of sp³-hybridized carbons (Fsp3) is 0.500. The molecule has 1 aromatic carbocycles. The van der Waals surface area contributed by atoms with Crippen molar-refractivity contribution in [1.82, 2.24) is 15.9 Å². The van der Waals surface area contributed by atoms with Crippen LogP contribution in [0.15, 0.2) is 36.4 Å². The molecule has 0 aliphatic rings. The zero-order chi connectivity index (χ0) is 24.3. The Balaban J connectivity index is 3.15. The Morgan fingerprint density at radius 1 is 0.969 bits per heavy atom. The molecular weight excluding hydrogens is 410 g/mol. The molecule has 0 aliphatic heterocycles. The van der Waals surface area contributed by atoms with Crippen LogP contribution in [0.2, 0.25) is 0 Å². The van der Waals surface area contributed by atoms with E-state index in [0.29, 0.717) is 6.42 Å². The molecule has 0 saturated carbocycles. The second-order valence-electron chi connectivity index (χ2n) is 8.71. The quantitative estimate of drug-likeness (QED) is 0.275. The number of hydrazine groups is 1. The predicted molar refractivity (Wildman–Crippen MR) is 122 cm³/mol. The van der Waals surface area contributed by atoms with Gasteiger partial charge in [-0.05, 0) is 30.2 Å². The molecular formula is C24H35N3O5. The van der Waals surface area contributed by atoms with Gasteiger partial charge in [-0.25, -0.2) is 10.5 Å². The molecule has 3 amide bonds. The van der Waals surface area contributed by atoms with Crippen LogP contribution in [-0.2, 0) is 19.2 Å². The maximum Gasteiger partial charge on any atom is 0.308 e. The lowest BCUT2D eigenvalue weighted by atomic mass is 9.82. The molecule has 0 bridgehead atoms. The molecule has 0 aromatic heterocycles. The summed E-state index contributed by atoms with van der Waals surface area (Å²) in [5, 5.41) is 10.3. The molecule has 0 radical (unpaired) electrons. The number of carbonyl (C=O) groups excluding carboxylic acids is 4. The van der Waals surface area contributed by atoms with Crippen LogP contribution in [0.1, 0.15) is 53.0 Å². The molecule has 3 N–H and O–H groups in total. The summed E-state index contributed by atoms with van der Waals surface area (Å²) in [5.74, 6) is -4.35. The second-order valence-corrected chi connectivity index (χ2v) is 8.71. The van der Waals surface area contributed by atoms with Crippen LogP contribution in [0, 0.1) is 23.7 Å². The monoisotopic (exact) mass is 445 g/mol. The van der Waals surface area contributed by atoms with Gasteiger partial charge in [0.05, 0.1) is 11.8 Å². The van der Waals surface area contributed by atoms with E-state index in [1.807, 2.05) is 64.1 Å². The standard InChI is InChI=1S/C24H35N3O5/c1-16(2)14-21(22(29)25-27(15-17(3)4)24(31)18(5)28)20(23(30)26-32)13-9-12-19-10-7-6-8-11-19/h6-12,16-17,20-21,32H,13-15H2,1-5H3,(H,25,29)(H,26,30)/t20-,21-/m0/s1. The number of nitrogens with one attached hydrogen (secondary N) is 2. The molecule has 1 aromatic rings. The minimum Gasteiger partial charge on any atom is -0.289 e. The zero-order valence-corrected chi connectivity index (χ0v) is 19.5. The zero-order valence-electron chi connectivity index (χ0n) is 19.5. The number of benzene rings is 1. The summed E-state index contributed by atoms with van der Waals surface area (Å²) in [6.45, 7) is 8.84. The Bertz CT molecular complexity index is 805. The molecule has 2 atom stereocenters. The molecule has 8 nitrogen and oxygen atoms in total. The van der Waals surface area contributed by atoms with Gasteiger partial charge in [-0.2, -0.15) is 0 Å². The summed E-state index contributed by atoms with van der Waals surface area (Å²) in [6, 6.07) is 9.50. The summed E-state index contributed by atoms with van der Waals surface area (Å²) in [7, 11) is 0. The highest BCUT2D eigenvalue weighted by Gasteiger charge is 2.35. The normalized spacial score (nSPS) is 13.1. The van der Waals surface area contributed by atoms with E-state index in [1.165, 1.54) is 0 Å². The van der Waals surface area contributed by atoms with Crippen LogP contribution in [0.25, 0.3) is 6.08 Å². The van der Waals surface area contributed by atoms with E-state index in [1.54, 1.807) is 11.6 Å². The van der Waals surface area contributed by atoms with E-state index >= 15 is 0 Å². The maximum absolute atomic E-state index is 13.2. The number of amides is 3. The molecule has 0 fully saturated rings. The molecule has 0 unspecified atom stereocenters. The van der Waals surface area contributed by atoms with Gasteiger partial charge in [0.15, 0.2) is 0 Å². The smallest absolute Gasteiger partial charge is 0.289 e. The van der Waals surface area contributed by atoms with Crippen molar-refractivity contribution < 1.29 is 24.4 Å². The van der Waals surface area contributed by atoms with E-state index in [-0.39, 0.29) is 24.8 Å². The third-order valence-corrected chi connectivity index (χ3v) is 4.83. The van der Waals surface area contributed by atoms with Gasteiger partial charge >= 0.3 is 5.91 Å². The van der Waals surface area contributed by atoms with Crippen molar-refractivity contribution in [2.75, 3.05) is 6.54 Å². The number of carbonyl (C=O) groups is 4. The van der Waals surface area contributed by atoms with Crippen molar-refractivity contribution in [3.63, 3.8) is 0 Å². The molecule has 1 rings (SSSR count). The lowest BCUT2D eigenvalue weighted by molar-refractivity contribution is -0.152. The molecule has 8 heteroatoms. The number of nitrogens with zero attached hydrogens (tertiary/aromatic N) is 1.